The van der Waals surface area contributed by atoms with Gasteiger partial charge in [-0.2, -0.15) is 0 Å². The van der Waals surface area contributed by atoms with Gasteiger partial charge in [-0.3, -0.25) is 4.31 Å². The second-order valence-electron chi connectivity index (χ2n) is 11.3. The van der Waals surface area contributed by atoms with Gasteiger partial charge in [0.05, 0.1) is 11.4 Å². The Balaban J connectivity index is 0.00000560. The molecule has 7 heteroatoms. The molecule has 1 unspecified atom stereocenters. The third kappa shape index (κ3) is 12.4. The van der Waals surface area contributed by atoms with Crippen LogP contribution in [0.2, 0.25) is 0 Å². The number of hydrogen-bond acceptors (Lipinski definition) is 4. The molecule has 0 amide bonds. The van der Waals surface area contributed by atoms with Crippen LogP contribution in [0.1, 0.15) is 128 Å². The minimum atomic E-state index is -4.62. The number of nitrogens with zero attached hydrogens (tertiary/aromatic N) is 2. The average molecular weight is 595 g/mol. The first kappa shape index (κ1) is 35.8. The van der Waals surface area contributed by atoms with Crippen molar-refractivity contribution in [3.8, 4) is 0 Å². The van der Waals surface area contributed by atoms with Crippen LogP contribution < -0.4 is 60.6 Å². The second-order valence-corrected chi connectivity index (χ2v) is 12.5. The smallest absolute Gasteiger partial charge is 0.731 e. The second kappa shape index (κ2) is 20.5. The summed E-state index contributed by atoms with van der Waals surface area (Å²) in [5, 5.41) is 0. The molecule has 1 aliphatic heterocycles. The molecule has 2 aromatic carbocycles. The van der Waals surface area contributed by atoms with E-state index in [0.29, 0.717) is 18.7 Å². The first-order valence-corrected chi connectivity index (χ1v) is 17.0. The Hall–Kier alpha value is -0.414. The first-order chi connectivity index (χ1) is 19.0. The maximum absolute atomic E-state index is 12.3. The Labute approximate surface area is 287 Å². The van der Waals surface area contributed by atoms with E-state index in [0.717, 1.165) is 28.4 Å². The molecule has 0 saturated heterocycles. The van der Waals surface area contributed by atoms with Crippen molar-refractivity contribution >= 4 is 21.7 Å². The fourth-order valence-electron chi connectivity index (χ4n) is 5.91. The Morgan fingerprint density at radius 2 is 1.05 bits per heavy atom. The van der Waals surface area contributed by atoms with E-state index in [1.165, 1.54) is 96.3 Å². The molecule has 0 radical (unpaired) electrons. The molecule has 1 aliphatic rings. The van der Waals surface area contributed by atoms with Crippen LogP contribution in [0.15, 0.2) is 54.6 Å². The number of unbranched alkanes of at least 4 members (excludes halogenated alkanes) is 16. The predicted molar refractivity (Wildman–Crippen MR) is 164 cm³/mol. The molecule has 40 heavy (non-hydrogen) atoms. The standard InChI is InChI=1S/C33H52N2O3S.K/c1-2-3-4-5-6-7-8-9-10-11-12-13-14-15-16-17-21-28-33-34(29-30-24-19-18-20-25-30)31-26-22-23-27-32(31)35(33)39(36,37)38;/h18-20,22-27,33H,2-17,21,28-29H2,1H3,(H,36,37,38);/q;+1/p-1. The van der Waals surface area contributed by atoms with Gasteiger partial charge in [-0.05, 0) is 30.5 Å². The third-order valence-corrected chi connectivity index (χ3v) is 8.98. The van der Waals surface area contributed by atoms with E-state index < -0.39 is 16.5 Å². The molecule has 1 heterocycles. The van der Waals surface area contributed by atoms with Gasteiger partial charge in [0.25, 0.3) is 0 Å². The van der Waals surface area contributed by atoms with E-state index in [1.807, 2.05) is 42.5 Å². The fourth-order valence-corrected chi connectivity index (χ4v) is 6.82. The molecule has 0 spiro atoms. The largest absolute Gasteiger partial charge is 1.00 e. The summed E-state index contributed by atoms with van der Waals surface area (Å²) in [6.45, 7) is 2.85. The zero-order valence-corrected chi connectivity index (χ0v) is 29.2. The summed E-state index contributed by atoms with van der Waals surface area (Å²) in [4.78, 5) is 2.09. The van der Waals surface area contributed by atoms with Gasteiger partial charge in [-0.1, -0.05) is 152 Å². The van der Waals surface area contributed by atoms with Crippen LogP contribution in [0, 0.1) is 0 Å². The number of rotatable bonds is 21. The summed E-state index contributed by atoms with van der Waals surface area (Å²) in [5.41, 5.74) is 2.42. The van der Waals surface area contributed by atoms with Crippen LogP contribution in [-0.4, -0.2) is 19.1 Å². The molecule has 0 bridgehead atoms. The van der Waals surface area contributed by atoms with Gasteiger partial charge in [0, 0.05) is 6.54 Å². The summed E-state index contributed by atoms with van der Waals surface area (Å²) in [7, 11) is -4.62. The SMILES string of the molecule is CCCCCCCCCCCCCCCCCCCC1N(Cc2ccccc2)c2ccccc2N1S(=O)(=O)[O-].[K+]. The number of fused-ring (bicyclic) bond motifs is 1. The van der Waals surface area contributed by atoms with E-state index in [-0.39, 0.29) is 51.4 Å². The number of anilines is 2. The van der Waals surface area contributed by atoms with Crippen molar-refractivity contribution < 1.29 is 64.4 Å². The summed E-state index contributed by atoms with van der Waals surface area (Å²) >= 11 is 0. The van der Waals surface area contributed by atoms with Gasteiger partial charge in [0.2, 0.25) is 0 Å². The average Bonchev–Trinajstić information content (AvgIpc) is 3.24. The predicted octanol–water partition coefficient (Wildman–Crippen LogP) is 6.35. The summed E-state index contributed by atoms with van der Waals surface area (Å²) in [5.74, 6) is 0. The Morgan fingerprint density at radius 1 is 0.625 bits per heavy atom. The molecule has 0 fully saturated rings. The molecule has 0 N–H and O–H groups in total. The van der Waals surface area contributed by atoms with Crippen molar-refractivity contribution in [1.29, 1.82) is 0 Å². The van der Waals surface area contributed by atoms with Crippen molar-refractivity contribution in [2.45, 2.75) is 135 Å². The van der Waals surface area contributed by atoms with Gasteiger partial charge >= 0.3 is 51.4 Å². The van der Waals surface area contributed by atoms with Crippen LogP contribution >= 0.6 is 0 Å². The van der Waals surface area contributed by atoms with Gasteiger partial charge in [0.1, 0.15) is 6.17 Å². The van der Waals surface area contributed by atoms with Crippen molar-refractivity contribution in [1.82, 2.24) is 0 Å². The molecule has 0 aromatic heterocycles. The van der Waals surface area contributed by atoms with Gasteiger partial charge in [-0.15, -0.1) is 0 Å². The minimum absolute atomic E-state index is 0. The molecular formula is C33H51KN2O3S. The van der Waals surface area contributed by atoms with Gasteiger partial charge < -0.3 is 9.45 Å². The van der Waals surface area contributed by atoms with Crippen LogP contribution in [0.3, 0.4) is 0 Å². The fraction of sp³-hybridized carbons (Fsp3) is 0.636. The van der Waals surface area contributed by atoms with E-state index in [1.54, 1.807) is 12.1 Å². The number of hydrogen-bond donors (Lipinski definition) is 0. The minimum Gasteiger partial charge on any atom is -0.731 e. The van der Waals surface area contributed by atoms with Crippen LogP contribution in [0.4, 0.5) is 11.4 Å². The quantitative estimate of drug-likeness (QED) is 0.0961. The summed E-state index contributed by atoms with van der Waals surface area (Å²) < 4.78 is 38.1. The molecule has 3 rings (SSSR count). The zero-order valence-electron chi connectivity index (χ0n) is 25.2. The Kier molecular flexibility index (Phi) is 18.3. The molecule has 2 aromatic rings. The molecule has 5 nitrogen and oxygen atoms in total. The zero-order chi connectivity index (χ0) is 27.8. The molecule has 218 valence electrons. The van der Waals surface area contributed by atoms with Gasteiger partial charge in [0.15, 0.2) is 10.3 Å². The van der Waals surface area contributed by atoms with Crippen LogP contribution in [0.25, 0.3) is 0 Å². The third-order valence-electron chi connectivity index (χ3n) is 8.06. The summed E-state index contributed by atoms with van der Waals surface area (Å²) in [6, 6.07) is 17.4. The van der Waals surface area contributed by atoms with Crippen LogP contribution in [-0.2, 0) is 16.8 Å². The Morgan fingerprint density at radius 3 is 1.52 bits per heavy atom. The van der Waals surface area contributed by atoms with Gasteiger partial charge in [-0.25, -0.2) is 8.42 Å². The van der Waals surface area contributed by atoms with Crippen LogP contribution in [0.5, 0.6) is 0 Å². The maximum Gasteiger partial charge on any atom is 1.00 e. The molecule has 0 aliphatic carbocycles. The van der Waals surface area contributed by atoms with Crippen molar-refractivity contribution in [3.05, 3.63) is 60.2 Å². The number of para-hydroxylation sites is 2. The normalized spacial score (nSPS) is 14.8. The van der Waals surface area contributed by atoms with E-state index in [9.17, 15) is 13.0 Å². The Bertz CT molecular complexity index is 1040. The molecule has 0 saturated carbocycles. The topological polar surface area (TPSA) is 63.7 Å². The first-order valence-electron chi connectivity index (χ1n) is 15.7. The summed E-state index contributed by atoms with van der Waals surface area (Å²) in [6.07, 6.45) is 22.5. The van der Waals surface area contributed by atoms with E-state index >= 15 is 0 Å². The van der Waals surface area contributed by atoms with Crippen molar-refractivity contribution in [3.63, 3.8) is 0 Å². The number of benzene rings is 2. The maximum atomic E-state index is 12.3. The van der Waals surface area contributed by atoms with Crippen molar-refractivity contribution in [2.75, 3.05) is 9.21 Å². The van der Waals surface area contributed by atoms with E-state index in [4.69, 9.17) is 0 Å². The molecule has 1 atom stereocenters. The monoisotopic (exact) mass is 594 g/mol. The molecular weight excluding hydrogens is 544 g/mol. The van der Waals surface area contributed by atoms with Crippen molar-refractivity contribution in [2.24, 2.45) is 0 Å². The van der Waals surface area contributed by atoms with E-state index in [2.05, 4.69) is 11.8 Å².